The van der Waals surface area contributed by atoms with E-state index in [0.29, 0.717) is 6.61 Å². The van der Waals surface area contributed by atoms with E-state index in [4.69, 9.17) is 14.2 Å². The molecule has 19 heavy (non-hydrogen) atoms. The van der Waals surface area contributed by atoms with Crippen molar-refractivity contribution in [1.82, 2.24) is 4.98 Å². The van der Waals surface area contributed by atoms with Crippen molar-refractivity contribution >= 4 is 33.3 Å². The molecule has 0 N–H and O–H groups in total. The third-order valence-corrected chi connectivity index (χ3v) is 4.71. The Balaban J connectivity index is 2.08. The molecule has 1 heterocycles. The lowest BCUT2D eigenvalue weighted by atomic mass is 10.3. The van der Waals surface area contributed by atoms with Gasteiger partial charge in [-0.15, -0.1) is 11.3 Å². The predicted octanol–water partition coefficient (Wildman–Crippen LogP) is 3.41. The number of hydrogen-bond donors (Lipinski definition) is 0. The average Bonchev–Trinajstić information content (AvgIpc) is 2.82. The minimum Gasteiger partial charge on any atom is -0.494 e. The summed E-state index contributed by atoms with van der Waals surface area (Å²) in [5, 5.41) is 0. The van der Waals surface area contributed by atoms with Gasteiger partial charge in [0.2, 0.25) is 0 Å². The van der Waals surface area contributed by atoms with Crippen molar-refractivity contribution < 1.29 is 14.2 Å². The first-order valence-corrected chi connectivity index (χ1v) is 7.78. The first-order chi connectivity index (χ1) is 9.26. The topological polar surface area (TPSA) is 40.6 Å². The molecule has 0 radical (unpaired) electrons. The Morgan fingerprint density at radius 3 is 2.79 bits per heavy atom. The fourth-order valence-corrected chi connectivity index (χ4v) is 3.72. The van der Waals surface area contributed by atoms with Crippen LogP contribution in [0.3, 0.4) is 0 Å². The third kappa shape index (κ3) is 3.82. The molecule has 104 valence electrons. The van der Waals surface area contributed by atoms with Crippen LogP contribution in [0.1, 0.15) is 6.92 Å². The summed E-state index contributed by atoms with van der Waals surface area (Å²) in [7, 11) is 3.28. The number of thiazole rings is 1. The lowest BCUT2D eigenvalue weighted by Crippen LogP contribution is -2.15. The molecule has 6 heteroatoms. The Bertz CT molecular complexity index is 526. The molecule has 0 spiro atoms. The second-order valence-electron chi connectivity index (χ2n) is 3.75. The minimum atomic E-state index is -0.198. The van der Waals surface area contributed by atoms with E-state index in [2.05, 4.69) is 4.98 Å². The summed E-state index contributed by atoms with van der Waals surface area (Å²) in [6, 6.07) is 5.98. The Kier molecular flexibility index (Phi) is 5.45. The smallest absolute Gasteiger partial charge is 0.166 e. The van der Waals surface area contributed by atoms with E-state index < -0.39 is 0 Å². The van der Waals surface area contributed by atoms with Crippen LogP contribution >= 0.6 is 23.1 Å². The summed E-state index contributed by atoms with van der Waals surface area (Å²) in [5.41, 5.74) is 1.00. The normalized spacial score (nSPS) is 11.4. The van der Waals surface area contributed by atoms with Gasteiger partial charge in [-0.1, -0.05) is 11.8 Å². The third-order valence-electron chi connectivity index (χ3n) is 2.52. The zero-order chi connectivity index (χ0) is 13.7. The lowest BCUT2D eigenvalue weighted by molar-refractivity contribution is -0.0842. The second-order valence-corrected chi connectivity index (χ2v) is 6.05. The molecule has 0 aliphatic rings. The van der Waals surface area contributed by atoms with Crippen LogP contribution in [0.5, 0.6) is 5.75 Å². The van der Waals surface area contributed by atoms with Crippen LogP contribution in [0.4, 0.5) is 0 Å². The summed E-state index contributed by atoms with van der Waals surface area (Å²) >= 11 is 3.30. The van der Waals surface area contributed by atoms with Crippen LogP contribution in [0.2, 0.25) is 0 Å². The second kappa shape index (κ2) is 7.09. The van der Waals surface area contributed by atoms with E-state index >= 15 is 0 Å². The molecule has 0 unspecified atom stereocenters. The van der Waals surface area contributed by atoms with Crippen LogP contribution in [0.15, 0.2) is 22.5 Å². The van der Waals surface area contributed by atoms with Gasteiger partial charge in [0.15, 0.2) is 10.6 Å². The van der Waals surface area contributed by atoms with Gasteiger partial charge in [0.05, 0.1) is 22.6 Å². The van der Waals surface area contributed by atoms with E-state index in [-0.39, 0.29) is 6.29 Å². The Morgan fingerprint density at radius 1 is 1.32 bits per heavy atom. The lowest BCUT2D eigenvalue weighted by Gasteiger charge is -2.10. The SMILES string of the molecule is CCOc1ccc2nc(SCC(OC)OC)sc2c1. The van der Waals surface area contributed by atoms with Crippen molar-refractivity contribution in [2.24, 2.45) is 0 Å². The first-order valence-electron chi connectivity index (χ1n) is 5.98. The molecule has 0 saturated carbocycles. The standard InChI is InChI=1S/C13H17NO3S2/c1-4-17-9-5-6-10-11(7-9)19-13(14-10)18-8-12(15-2)16-3/h5-7,12H,4,8H2,1-3H3. The van der Waals surface area contributed by atoms with Crippen LogP contribution in [-0.4, -0.2) is 37.9 Å². The zero-order valence-corrected chi connectivity index (χ0v) is 12.8. The molecule has 0 atom stereocenters. The number of hydrogen-bond acceptors (Lipinski definition) is 6. The maximum absolute atomic E-state index is 5.49. The largest absolute Gasteiger partial charge is 0.494 e. The fraction of sp³-hybridized carbons (Fsp3) is 0.462. The Labute approximate surface area is 121 Å². The first kappa shape index (κ1) is 14.6. The van der Waals surface area contributed by atoms with Crippen LogP contribution in [0.25, 0.3) is 10.2 Å². The molecule has 1 aromatic carbocycles. The molecule has 0 aliphatic carbocycles. The highest BCUT2D eigenvalue weighted by atomic mass is 32.2. The number of methoxy groups -OCH3 is 2. The summed E-state index contributed by atoms with van der Waals surface area (Å²) in [6.45, 7) is 2.66. The van der Waals surface area contributed by atoms with Gasteiger partial charge in [-0.25, -0.2) is 4.98 Å². The van der Waals surface area contributed by atoms with Gasteiger partial charge in [0.25, 0.3) is 0 Å². The number of nitrogens with zero attached hydrogens (tertiary/aromatic N) is 1. The van der Waals surface area contributed by atoms with Gasteiger partial charge >= 0.3 is 0 Å². The van der Waals surface area contributed by atoms with Gasteiger partial charge in [0, 0.05) is 14.2 Å². The number of thioether (sulfide) groups is 1. The molecule has 0 saturated heterocycles. The van der Waals surface area contributed by atoms with Gasteiger partial charge in [-0.3, -0.25) is 0 Å². The van der Waals surface area contributed by atoms with Gasteiger partial charge in [0.1, 0.15) is 5.75 Å². The molecule has 2 aromatic rings. The van der Waals surface area contributed by atoms with Gasteiger partial charge < -0.3 is 14.2 Å². The molecule has 0 fully saturated rings. The monoisotopic (exact) mass is 299 g/mol. The fourth-order valence-electron chi connectivity index (χ4n) is 1.57. The number of fused-ring (bicyclic) bond motifs is 1. The molecule has 2 rings (SSSR count). The summed E-state index contributed by atoms with van der Waals surface area (Å²) in [4.78, 5) is 4.57. The van der Waals surface area contributed by atoms with Crippen LogP contribution in [0, 0.1) is 0 Å². The van der Waals surface area contributed by atoms with Gasteiger partial charge in [-0.2, -0.15) is 0 Å². The van der Waals surface area contributed by atoms with Crippen molar-refractivity contribution in [3.05, 3.63) is 18.2 Å². The molecular formula is C13H17NO3S2. The quantitative estimate of drug-likeness (QED) is 0.579. The summed E-state index contributed by atoms with van der Waals surface area (Å²) in [5.74, 6) is 1.62. The van der Waals surface area contributed by atoms with Gasteiger partial charge in [-0.05, 0) is 25.1 Å². The minimum absolute atomic E-state index is 0.198. The van der Waals surface area contributed by atoms with E-state index in [1.165, 1.54) is 0 Å². The predicted molar refractivity (Wildman–Crippen MR) is 79.3 cm³/mol. The van der Waals surface area contributed by atoms with Crippen molar-refractivity contribution in [2.75, 3.05) is 26.6 Å². The number of ether oxygens (including phenoxy) is 3. The summed E-state index contributed by atoms with van der Waals surface area (Å²) < 4.78 is 18.0. The zero-order valence-electron chi connectivity index (χ0n) is 11.2. The summed E-state index contributed by atoms with van der Waals surface area (Å²) in [6.07, 6.45) is -0.198. The molecule has 0 amide bonds. The molecule has 0 bridgehead atoms. The van der Waals surface area contributed by atoms with Crippen LogP contribution in [-0.2, 0) is 9.47 Å². The van der Waals surface area contributed by atoms with Crippen LogP contribution < -0.4 is 4.74 Å². The highest BCUT2D eigenvalue weighted by Crippen LogP contribution is 2.32. The maximum Gasteiger partial charge on any atom is 0.166 e. The Hall–Kier alpha value is -0.820. The molecule has 1 aromatic heterocycles. The highest BCUT2D eigenvalue weighted by molar-refractivity contribution is 8.01. The van der Waals surface area contributed by atoms with E-state index in [0.717, 1.165) is 26.1 Å². The number of rotatable bonds is 7. The maximum atomic E-state index is 5.49. The molecule has 0 aliphatic heterocycles. The number of benzene rings is 1. The molecular weight excluding hydrogens is 282 g/mol. The van der Waals surface area contributed by atoms with Crippen molar-refractivity contribution in [2.45, 2.75) is 17.6 Å². The highest BCUT2D eigenvalue weighted by Gasteiger charge is 2.10. The number of aromatic nitrogens is 1. The molecule has 4 nitrogen and oxygen atoms in total. The van der Waals surface area contributed by atoms with E-state index in [9.17, 15) is 0 Å². The van der Waals surface area contributed by atoms with E-state index in [1.54, 1.807) is 37.3 Å². The average molecular weight is 299 g/mol. The van der Waals surface area contributed by atoms with Crippen molar-refractivity contribution in [1.29, 1.82) is 0 Å². The Morgan fingerprint density at radius 2 is 2.11 bits per heavy atom. The van der Waals surface area contributed by atoms with Crippen molar-refractivity contribution in [3.63, 3.8) is 0 Å². The van der Waals surface area contributed by atoms with Crippen molar-refractivity contribution in [3.8, 4) is 5.75 Å². The van der Waals surface area contributed by atoms with E-state index in [1.807, 2.05) is 25.1 Å².